The molecule has 3 N–H and O–H groups in total. The summed E-state index contributed by atoms with van der Waals surface area (Å²) in [5, 5.41) is 21.5. The molecule has 0 spiro atoms. The predicted molar refractivity (Wildman–Crippen MR) is 119 cm³/mol. The van der Waals surface area contributed by atoms with Gasteiger partial charge in [-0.15, -0.1) is 0 Å². The molecule has 3 aromatic rings. The number of aliphatic carboxylic acids is 1. The van der Waals surface area contributed by atoms with Crippen LogP contribution in [0.1, 0.15) is 21.5 Å². The molecule has 0 saturated carbocycles. The Labute approximate surface area is 198 Å². The van der Waals surface area contributed by atoms with Crippen LogP contribution in [0.15, 0.2) is 57.5 Å². The van der Waals surface area contributed by atoms with Crippen molar-refractivity contribution >= 4 is 43.7 Å². The van der Waals surface area contributed by atoms with Crippen molar-refractivity contribution in [1.29, 1.82) is 0 Å². The average molecular weight is 571 g/mol. The highest BCUT2D eigenvalue weighted by molar-refractivity contribution is 9.11. The minimum atomic E-state index is -0.979. The maximum Gasteiger partial charge on any atom is 0.307 e. The molecular weight excluding hydrogens is 556 g/mol. The van der Waals surface area contributed by atoms with Gasteiger partial charge in [0.1, 0.15) is 23.1 Å². The van der Waals surface area contributed by atoms with E-state index in [-0.39, 0.29) is 35.6 Å². The van der Waals surface area contributed by atoms with Gasteiger partial charge >= 0.3 is 5.97 Å². The van der Waals surface area contributed by atoms with Crippen LogP contribution in [0.25, 0.3) is 0 Å². The zero-order chi connectivity index (χ0) is 23.4. The maximum absolute atomic E-state index is 13.3. The van der Waals surface area contributed by atoms with Gasteiger partial charge in [-0.1, -0.05) is 0 Å². The second kappa shape index (κ2) is 10.1. The molecule has 0 fully saturated rings. The third-order valence-electron chi connectivity index (χ3n) is 4.22. The van der Waals surface area contributed by atoms with E-state index < -0.39 is 23.5 Å². The molecule has 0 aliphatic heterocycles. The van der Waals surface area contributed by atoms with Crippen molar-refractivity contribution in [2.45, 2.75) is 13.0 Å². The van der Waals surface area contributed by atoms with E-state index in [2.05, 4.69) is 37.2 Å². The summed E-state index contributed by atoms with van der Waals surface area (Å²) in [6, 6.07) is 10.1. The number of amides is 1. The molecule has 0 bridgehead atoms. The van der Waals surface area contributed by atoms with Crippen LogP contribution in [0.4, 0.5) is 8.78 Å². The van der Waals surface area contributed by atoms with Gasteiger partial charge in [-0.2, -0.15) is 0 Å². The monoisotopic (exact) mass is 569 g/mol. The summed E-state index contributed by atoms with van der Waals surface area (Å²) in [4.78, 5) is 23.4. The number of carbonyl (C=O) groups excluding carboxylic acids is 1. The number of phenolic OH excluding ortho intramolecular Hbond substituents is 1. The first-order valence-electron chi connectivity index (χ1n) is 9.06. The minimum Gasteiger partial charge on any atom is -0.507 e. The lowest BCUT2D eigenvalue weighted by Crippen LogP contribution is -2.23. The molecule has 1 amide bonds. The highest BCUT2D eigenvalue weighted by Crippen LogP contribution is 2.38. The molecule has 0 aliphatic rings. The first-order valence-corrected chi connectivity index (χ1v) is 10.6. The van der Waals surface area contributed by atoms with Gasteiger partial charge in [0, 0.05) is 12.6 Å². The minimum absolute atomic E-state index is 0.103. The fraction of sp³-hybridized carbons (Fsp3) is 0.0909. The van der Waals surface area contributed by atoms with Gasteiger partial charge in [-0.25, -0.2) is 8.78 Å². The maximum atomic E-state index is 13.3. The Bertz CT molecular complexity index is 1160. The molecular formula is C22H15Br2F2NO5. The van der Waals surface area contributed by atoms with E-state index in [1.807, 2.05) is 0 Å². The summed E-state index contributed by atoms with van der Waals surface area (Å²) < 4.78 is 33.4. The van der Waals surface area contributed by atoms with Crippen LogP contribution < -0.4 is 10.1 Å². The number of ether oxygens (including phenoxy) is 1. The third kappa shape index (κ3) is 6.04. The van der Waals surface area contributed by atoms with Crippen LogP contribution in [0.3, 0.4) is 0 Å². The number of halogens is 4. The lowest BCUT2D eigenvalue weighted by atomic mass is 10.1. The molecule has 0 saturated heterocycles. The lowest BCUT2D eigenvalue weighted by molar-refractivity contribution is -0.136. The summed E-state index contributed by atoms with van der Waals surface area (Å²) in [7, 11) is 0. The number of carboxylic acids is 1. The van der Waals surface area contributed by atoms with Crippen LogP contribution in [0, 0.1) is 11.6 Å². The predicted octanol–water partition coefficient (Wildman–Crippen LogP) is 5.54. The van der Waals surface area contributed by atoms with Crippen molar-refractivity contribution in [1.82, 2.24) is 5.32 Å². The van der Waals surface area contributed by atoms with Crippen molar-refractivity contribution in [2.75, 3.05) is 0 Å². The molecule has 0 aromatic heterocycles. The Balaban J connectivity index is 1.78. The Hall–Kier alpha value is -2.98. The van der Waals surface area contributed by atoms with Gasteiger partial charge in [0.25, 0.3) is 5.91 Å². The second-order valence-corrected chi connectivity index (χ2v) is 8.41. The van der Waals surface area contributed by atoms with Crippen molar-refractivity contribution in [3.05, 3.63) is 85.8 Å². The number of hydrogen-bond acceptors (Lipinski definition) is 4. The Kier molecular flexibility index (Phi) is 7.47. The summed E-state index contributed by atoms with van der Waals surface area (Å²) >= 11 is 6.66. The SMILES string of the molecule is O=C(O)Cc1cc(Br)c(Oc2ccc(O)c(C(=O)NCc3cc(F)cc(F)c3)c2)c(Br)c1. The van der Waals surface area contributed by atoms with Crippen LogP contribution in [0.5, 0.6) is 17.2 Å². The second-order valence-electron chi connectivity index (χ2n) is 6.70. The Morgan fingerprint density at radius 1 is 0.938 bits per heavy atom. The first-order chi connectivity index (χ1) is 15.1. The number of nitrogens with one attached hydrogen (secondary N) is 1. The number of hydrogen-bond donors (Lipinski definition) is 3. The number of carbonyl (C=O) groups is 2. The molecule has 0 atom stereocenters. The van der Waals surface area contributed by atoms with Crippen molar-refractivity contribution in [3.8, 4) is 17.2 Å². The number of rotatable bonds is 7. The normalized spacial score (nSPS) is 10.6. The molecule has 3 rings (SSSR count). The van der Waals surface area contributed by atoms with E-state index in [1.54, 1.807) is 12.1 Å². The van der Waals surface area contributed by atoms with Crippen LogP contribution >= 0.6 is 31.9 Å². The number of aromatic hydroxyl groups is 1. The summed E-state index contributed by atoms with van der Waals surface area (Å²) in [5.74, 6) is -2.94. The average Bonchev–Trinajstić information content (AvgIpc) is 2.69. The molecule has 0 aliphatic carbocycles. The molecule has 166 valence electrons. The molecule has 32 heavy (non-hydrogen) atoms. The van der Waals surface area contributed by atoms with Gasteiger partial charge in [-0.3, -0.25) is 9.59 Å². The van der Waals surface area contributed by atoms with Crippen molar-refractivity contribution in [2.24, 2.45) is 0 Å². The van der Waals surface area contributed by atoms with Gasteiger partial charge < -0.3 is 20.3 Å². The van der Waals surface area contributed by atoms with Crippen LogP contribution in [0.2, 0.25) is 0 Å². The summed E-state index contributed by atoms with van der Waals surface area (Å²) in [6.45, 7) is -0.153. The smallest absolute Gasteiger partial charge is 0.307 e. The number of carboxylic acid groups (broad SMARTS) is 1. The Morgan fingerprint density at radius 2 is 1.56 bits per heavy atom. The fourth-order valence-electron chi connectivity index (χ4n) is 2.86. The van der Waals surface area contributed by atoms with Crippen LogP contribution in [-0.4, -0.2) is 22.1 Å². The van der Waals surface area contributed by atoms with E-state index in [4.69, 9.17) is 9.84 Å². The van der Waals surface area contributed by atoms with Crippen molar-refractivity contribution in [3.63, 3.8) is 0 Å². The summed E-state index contributed by atoms with van der Waals surface area (Å²) in [6.07, 6.45) is -0.170. The highest BCUT2D eigenvalue weighted by atomic mass is 79.9. The number of benzene rings is 3. The summed E-state index contributed by atoms with van der Waals surface area (Å²) in [5.41, 5.74) is 0.661. The van der Waals surface area contributed by atoms with E-state index in [9.17, 15) is 23.5 Å². The van der Waals surface area contributed by atoms with Gasteiger partial charge in [-0.05, 0) is 85.5 Å². The topological polar surface area (TPSA) is 95.9 Å². The van der Waals surface area contributed by atoms with Crippen molar-refractivity contribution < 1.29 is 33.3 Å². The van der Waals surface area contributed by atoms with Gasteiger partial charge in [0.05, 0.1) is 20.9 Å². The molecule has 3 aromatic carbocycles. The molecule has 0 heterocycles. The zero-order valence-corrected chi connectivity index (χ0v) is 19.3. The van der Waals surface area contributed by atoms with Crippen LogP contribution in [-0.2, 0) is 17.8 Å². The standard InChI is InChI=1S/C22H15Br2F2NO5/c23-17-5-11(7-20(29)30)6-18(24)21(17)32-15-1-2-19(28)16(9-15)22(31)27-10-12-3-13(25)8-14(26)4-12/h1-6,8-9,28H,7,10H2,(H,27,31)(H,29,30). The first kappa shape index (κ1) is 23.7. The van der Waals surface area contributed by atoms with E-state index in [1.165, 1.54) is 18.2 Å². The van der Waals surface area contributed by atoms with E-state index in [0.29, 0.717) is 20.3 Å². The quantitative estimate of drug-likeness (QED) is 0.346. The number of phenols is 1. The molecule has 0 radical (unpaired) electrons. The van der Waals surface area contributed by atoms with Gasteiger partial charge in [0.2, 0.25) is 0 Å². The molecule has 6 nitrogen and oxygen atoms in total. The van der Waals surface area contributed by atoms with Gasteiger partial charge in [0.15, 0.2) is 5.75 Å². The molecule has 10 heteroatoms. The highest BCUT2D eigenvalue weighted by Gasteiger charge is 2.16. The molecule has 0 unspecified atom stereocenters. The fourth-order valence-corrected chi connectivity index (χ4v) is 4.30. The lowest BCUT2D eigenvalue weighted by Gasteiger charge is -2.13. The zero-order valence-electron chi connectivity index (χ0n) is 16.2. The largest absolute Gasteiger partial charge is 0.507 e. The van der Waals surface area contributed by atoms with E-state index in [0.717, 1.165) is 18.2 Å². The van der Waals surface area contributed by atoms with E-state index >= 15 is 0 Å². The Morgan fingerprint density at radius 3 is 2.16 bits per heavy atom. The third-order valence-corrected chi connectivity index (χ3v) is 5.40.